The van der Waals surface area contributed by atoms with Crippen LogP contribution in [0.25, 0.3) is 0 Å². The molecule has 0 radical (unpaired) electrons. The van der Waals surface area contributed by atoms with Crippen LogP contribution in [0.4, 0.5) is 4.39 Å². The average molecular weight is 306 g/mol. The normalized spacial score (nSPS) is 12.8. The van der Waals surface area contributed by atoms with Gasteiger partial charge in [-0.05, 0) is 36.9 Å². The van der Waals surface area contributed by atoms with Crippen molar-refractivity contribution in [3.8, 4) is 0 Å². The smallest absolute Gasteiger partial charge is 0.124 e. The average Bonchev–Trinajstić information content (AvgIpc) is 2.27. The van der Waals surface area contributed by atoms with Gasteiger partial charge in [0, 0.05) is 16.3 Å². The van der Waals surface area contributed by atoms with E-state index < -0.39 is 0 Å². The monoisotopic (exact) mass is 305 g/mol. The molecule has 1 rings (SSSR count). The highest BCUT2D eigenvalue weighted by atomic mass is 79.9. The Labute approximate surface area is 109 Å². The summed E-state index contributed by atoms with van der Waals surface area (Å²) >= 11 is 5.32. The number of thioether (sulfide) groups is 1. The van der Waals surface area contributed by atoms with E-state index in [-0.39, 0.29) is 5.82 Å². The Balaban J connectivity index is 2.62. The predicted molar refractivity (Wildman–Crippen MR) is 73.7 cm³/mol. The molecule has 1 nitrogen and oxygen atoms in total. The number of benzene rings is 1. The molecule has 16 heavy (non-hydrogen) atoms. The molecule has 1 unspecified atom stereocenters. The molecule has 0 aliphatic rings. The molecule has 0 fully saturated rings. The summed E-state index contributed by atoms with van der Waals surface area (Å²) in [5.41, 5.74) is 1.15. The molecule has 0 spiro atoms. The highest BCUT2D eigenvalue weighted by Gasteiger charge is 2.09. The summed E-state index contributed by atoms with van der Waals surface area (Å²) in [7, 11) is 1.97. The van der Waals surface area contributed by atoms with Gasteiger partial charge in [-0.3, -0.25) is 0 Å². The molecular formula is C12H17BrFNS. The van der Waals surface area contributed by atoms with Gasteiger partial charge in [-0.15, -0.1) is 0 Å². The van der Waals surface area contributed by atoms with Gasteiger partial charge in [0.25, 0.3) is 0 Å². The van der Waals surface area contributed by atoms with Crippen LogP contribution < -0.4 is 5.32 Å². The first-order valence-corrected chi connectivity index (χ1v) is 7.31. The molecule has 1 atom stereocenters. The van der Waals surface area contributed by atoms with Crippen LogP contribution in [-0.4, -0.2) is 24.6 Å². The maximum Gasteiger partial charge on any atom is 0.124 e. The van der Waals surface area contributed by atoms with E-state index in [1.807, 2.05) is 24.9 Å². The fraction of sp³-hybridized carbons (Fsp3) is 0.500. The summed E-state index contributed by atoms with van der Waals surface area (Å²) in [6.45, 7) is 2.16. The summed E-state index contributed by atoms with van der Waals surface area (Å²) in [6.07, 6.45) is 0.921. The second kappa shape index (κ2) is 7.30. The molecule has 90 valence electrons. The number of hydrogen-bond donors (Lipinski definition) is 1. The fourth-order valence-corrected chi connectivity index (χ4v) is 2.77. The van der Waals surface area contributed by atoms with Crippen molar-refractivity contribution in [2.75, 3.05) is 18.6 Å². The van der Waals surface area contributed by atoms with E-state index in [0.29, 0.717) is 6.04 Å². The molecule has 4 heteroatoms. The van der Waals surface area contributed by atoms with Crippen molar-refractivity contribution < 1.29 is 4.39 Å². The van der Waals surface area contributed by atoms with Gasteiger partial charge in [0.2, 0.25) is 0 Å². The van der Waals surface area contributed by atoms with Gasteiger partial charge in [0.1, 0.15) is 5.82 Å². The van der Waals surface area contributed by atoms with Crippen LogP contribution in [-0.2, 0) is 6.42 Å². The minimum atomic E-state index is -0.195. The maximum absolute atomic E-state index is 12.9. The van der Waals surface area contributed by atoms with E-state index >= 15 is 0 Å². The Hall–Kier alpha value is -0.0600. The van der Waals surface area contributed by atoms with Gasteiger partial charge in [-0.2, -0.15) is 11.8 Å². The first-order chi connectivity index (χ1) is 7.67. The van der Waals surface area contributed by atoms with E-state index in [9.17, 15) is 4.39 Å². The molecule has 0 aliphatic carbocycles. The van der Waals surface area contributed by atoms with Gasteiger partial charge >= 0.3 is 0 Å². The highest BCUT2D eigenvalue weighted by molar-refractivity contribution is 9.10. The van der Waals surface area contributed by atoms with E-state index in [2.05, 4.69) is 28.2 Å². The molecule has 0 aromatic heterocycles. The van der Waals surface area contributed by atoms with Crippen LogP contribution in [0.3, 0.4) is 0 Å². The first kappa shape index (κ1) is 14.0. The Bertz CT molecular complexity index is 333. The van der Waals surface area contributed by atoms with Crippen molar-refractivity contribution in [3.63, 3.8) is 0 Å². The zero-order valence-corrected chi connectivity index (χ0v) is 12.0. The Morgan fingerprint density at radius 3 is 2.81 bits per heavy atom. The van der Waals surface area contributed by atoms with Gasteiger partial charge < -0.3 is 5.32 Å². The third-order valence-corrected chi connectivity index (χ3v) is 4.20. The maximum atomic E-state index is 12.9. The molecule has 1 aromatic rings. The first-order valence-electron chi connectivity index (χ1n) is 5.36. The fourth-order valence-electron chi connectivity index (χ4n) is 1.46. The third-order valence-electron chi connectivity index (χ3n) is 2.41. The summed E-state index contributed by atoms with van der Waals surface area (Å²) in [4.78, 5) is 0. The van der Waals surface area contributed by atoms with E-state index in [1.54, 1.807) is 0 Å². The van der Waals surface area contributed by atoms with Crippen LogP contribution in [0, 0.1) is 5.82 Å². The topological polar surface area (TPSA) is 12.0 Å². The van der Waals surface area contributed by atoms with Crippen molar-refractivity contribution in [1.29, 1.82) is 0 Å². The zero-order valence-electron chi connectivity index (χ0n) is 9.59. The largest absolute Gasteiger partial charge is 0.316 e. The molecule has 1 N–H and O–H groups in total. The molecule has 1 aromatic carbocycles. The van der Waals surface area contributed by atoms with Gasteiger partial charge in [-0.25, -0.2) is 4.39 Å². The van der Waals surface area contributed by atoms with Gasteiger partial charge in [0.05, 0.1) is 0 Å². The lowest BCUT2D eigenvalue weighted by Crippen LogP contribution is -2.30. The molecular weight excluding hydrogens is 289 g/mol. The second-order valence-corrected chi connectivity index (χ2v) is 5.76. The van der Waals surface area contributed by atoms with Crippen LogP contribution in [0.2, 0.25) is 0 Å². The second-order valence-electron chi connectivity index (χ2n) is 3.58. The van der Waals surface area contributed by atoms with Crippen molar-refractivity contribution in [1.82, 2.24) is 5.32 Å². The number of halogens is 2. The minimum Gasteiger partial charge on any atom is -0.316 e. The van der Waals surface area contributed by atoms with E-state index in [1.165, 1.54) is 12.1 Å². The SMILES string of the molecule is CCSCC(Cc1ccc(F)cc1Br)NC. The van der Waals surface area contributed by atoms with E-state index in [4.69, 9.17) is 0 Å². The minimum absolute atomic E-state index is 0.195. The lowest BCUT2D eigenvalue weighted by atomic mass is 10.1. The molecule has 0 bridgehead atoms. The number of likely N-dealkylation sites (N-methyl/N-ethyl adjacent to an activating group) is 1. The number of rotatable bonds is 6. The molecule has 0 amide bonds. The summed E-state index contributed by atoms with van der Waals surface area (Å²) < 4.78 is 13.8. The Kier molecular flexibility index (Phi) is 6.39. The van der Waals surface area contributed by atoms with Crippen LogP contribution in [0.5, 0.6) is 0 Å². The zero-order chi connectivity index (χ0) is 12.0. The standard InChI is InChI=1S/C12H17BrFNS/c1-3-16-8-11(15-2)6-9-4-5-10(14)7-12(9)13/h4-5,7,11,15H,3,6,8H2,1-2H3. The highest BCUT2D eigenvalue weighted by Crippen LogP contribution is 2.20. The molecule has 0 heterocycles. The van der Waals surface area contributed by atoms with Crippen LogP contribution >= 0.6 is 27.7 Å². The summed E-state index contributed by atoms with van der Waals surface area (Å²) in [5.74, 6) is 2.01. The summed E-state index contributed by atoms with van der Waals surface area (Å²) in [5, 5.41) is 3.29. The van der Waals surface area contributed by atoms with Crippen LogP contribution in [0.15, 0.2) is 22.7 Å². The molecule has 0 saturated heterocycles. The van der Waals surface area contributed by atoms with Gasteiger partial charge in [0.15, 0.2) is 0 Å². The Morgan fingerprint density at radius 2 is 2.25 bits per heavy atom. The van der Waals surface area contributed by atoms with E-state index in [0.717, 1.165) is 28.0 Å². The molecule has 0 aliphatic heterocycles. The molecule has 0 saturated carbocycles. The number of hydrogen-bond acceptors (Lipinski definition) is 2. The van der Waals surface area contributed by atoms with Crippen molar-refractivity contribution >= 4 is 27.7 Å². The van der Waals surface area contributed by atoms with Crippen molar-refractivity contribution in [3.05, 3.63) is 34.1 Å². The van der Waals surface area contributed by atoms with Crippen LogP contribution in [0.1, 0.15) is 12.5 Å². The lowest BCUT2D eigenvalue weighted by molar-refractivity contribution is 0.608. The third kappa shape index (κ3) is 4.44. The number of nitrogens with one attached hydrogen (secondary N) is 1. The quantitative estimate of drug-likeness (QED) is 0.863. The Morgan fingerprint density at radius 1 is 1.50 bits per heavy atom. The van der Waals surface area contributed by atoms with Gasteiger partial charge in [-0.1, -0.05) is 28.9 Å². The van der Waals surface area contributed by atoms with Crippen molar-refractivity contribution in [2.45, 2.75) is 19.4 Å². The van der Waals surface area contributed by atoms with Crippen molar-refractivity contribution in [2.24, 2.45) is 0 Å². The lowest BCUT2D eigenvalue weighted by Gasteiger charge is -2.16. The summed E-state index contributed by atoms with van der Waals surface area (Å²) in [6, 6.07) is 5.32. The predicted octanol–water partition coefficient (Wildman–Crippen LogP) is 3.47.